The summed E-state index contributed by atoms with van der Waals surface area (Å²) >= 11 is 0. The molecule has 1 aliphatic carbocycles. The van der Waals surface area contributed by atoms with E-state index in [4.69, 9.17) is 15.2 Å². The van der Waals surface area contributed by atoms with Crippen molar-refractivity contribution in [2.45, 2.75) is 12.8 Å². The minimum Gasteiger partial charge on any atom is -0.493 e. The molecule has 1 saturated carbocycles. The molecule has 5 heteroatoms. The lowest BCUT2D eigenvalue weighted by Crippen LogP contribution is -2.10. The molecule has 0 aliphatic heterocycles. The molecule has 0 atom stereocenters. The van der Waals surface area contributed by atoms with Gasteiger partial charge in [0.05, 0.1) is 32.1 Å². The fraction of sp³-hybridized carbons (Fsp3) is 0.462. The minimum absolute atomic E-state index is 0.266. The summed E-state index contributed by atoms with van der Waals surface area (Å²) in [6.45, 7) is 0.602. The van der Waals surface area contributed by atoms with Crippen LogP contribution >= 0.6 is 0 Å². The van der Waals surface area contributed by atoms with E-state index in [0.717, 1.165) is 0 Å². The monoisotopic (exact) mass is 251 g/mol. The number of hydrogen-bond donors (Lipinski definition) is 1. The van der Waals surface area contributed by atoms with Gasteiger partial charge >= 0.3 is 5.97 Å². The second kappa shape index (κ2) is 5.16. The first kappa shape index (κ1) is 12.5. The van der Waals surface area contributed by atoms with Crippen molar-refractivity contribution >= 4 is 11.7 Å². The number of methoxy groups -OCH3 is 2. The second-order valence-corrected chi connectivity index (χ2v) is 4.30. The fourth-order valence-electron chi connectivity index (χ4n) is 1.66. The molecule has 0 spiro atoms. The van der Waals surface area contributed by atoms with Crippen LogP contribution in [0.2, 0.25) is 0 Å². The molecule has 5 nitrogen and oxygen atoms in total. The number of ether oxygens (including phenoxy) is 3. The van der Waals surface area contributed by atoms with E-state index in [1.807, 2.05) is 0 Å². The fourth-order valence-corrected chi connectivity index (χ4v) is 1.66. The average molecular weight is 251 g/mol. The first-order valence-corrected chi connectivity index (χ1v) is 5.85. The van der Waals surface area contributed by atoms with Crippen LogP contribution in [0.15, 0.2) is 12.1 Å². The molecule has 2 N–H and O–H groups in total. The predicted octanol–water partition coefficient (Wildman–Crippen LogP) is 1.85. The summed E-state index contributed by atoms with van der Waals surface area (Å²) in [4.78, 5) is 11.5. The topological polar surface area (TPSA) is 70.8 Å². The average Bonchev–Trinajstić information content (AvgIpc) is 3.20. The van der Waals surface area contributed by atoms with E-state index in [2.05, 4.69) is 4.74 Å². The Kier molecular flexibility index (Phi) is 3.60. The van der Waals surface area contributed by atoms with Crippen LogP contribution in [0, 0.1) is 5.92 Å². The largest absolute Gasteiger partial charge is 0.493 e. The lowest BCUT2D eigenvalue weighted by atomic mass is 10.1. The third-order valence-electron chi connectivity index (χ3n) is 2.95. The predicted molar refractivity (Wildman–Crippen MR) is 67.0 cm³/mol. The third kappa shape index (κ3) is 2.50. The van der Waals surface area contributed by atoms with Crippen molar-refractivity contribution in [1.29, 1.82) is 0 Å². The second-order valence-electron chi connectivity index (χ2n) is 4.30. The molecule has 1 aromatic rings. The van der Waals surface area contributed by atoms with Crippen LogP contribution in [-0.4, -0.2) is 26.8 Å². The van der Waals surface area contributed by atoms with E-state index >= 15 is 0 Å². The van der Waals surface area contributed by atoms with Gasteiger partial charge in [0.15, 0.2) is 11.5 Å². The Morgan fingerprint density at radius 2 is 2.11 bits per heavy atom. The van der Waals surface area contributed by atoms with Crippen LogP contribution in [0.5, 0.6) is 11.5 Å². The van der Waals surface area contributed by atoms with E-state index < -0.39 is 5.97 Å². The van der Waals surface area contributed by atoms with E-state index in [9.17, 15) is 4.79 Å². The number of rotatable bonds is 5. The highest BCUT2D eigenvalue weighted by Gasteiger charge is 2.24. The molecule has 0 amide bonds. The highest BCUT2D eigenvalue weighted by Crippen LogP contribution is 2.38. The van der Waals surface area contributed by atoms with Crippen LogP contribution in [-0.2, 0) is 4.74 Å². The van der Waals surface area contributed by atoms with E-state index in [1.54, 1.807) is 12.1 Å². The van der Waals surface area contributed by atoms with E-state index in [0.29, 0.717) is 29.6 Å². The van der Waals surface area contributed by atoms with Gasteiger partial charge in [-0.25, -0.2) is 4.79 Å². The molecule has 1 aromatic carbocycles. The Morgan fingerprint density at radius 1 is 1.39 bits per heavy atom. The summed E-state index contributed by atoms with van der Waals surface area (Å²) in [7, 11) is 2.85. The SMILES string of the molecule is COC(=O)c1ccc(OC)c(OCC2CC2)c1N. The van der Waals surface area contributed by atoms with Crippen molar-refractivity contribution in [2.24, 2.45) is 5.92 Å². The summed E-state index contributed by atoms with van der Waals surface area (Å²) < 4.78 is 15.5. The van der Waals surface area contributed by atoms with Crippen LogP contribution in [0.1, 0.15) is 23.2 Å². The summed E-state index contributed by atoms with van der Waals surface area (Å²) in [5.41, 5.74) is 6.50. The Labute approximate surface area is 106 Å². The maximum absolute atomic E-state index is 11.5. The number of hydrogen-bond acceptors (Lipinski definition) is 5. The summed E-state index contributed by atoms with van der Waals surface area (Å²) in [6, 6.07) is 3.23. The van der Waals surface area contributed by atoms with E-state index in [1.165, 1.54) is 27.1 Å². The maximum atomic E-state index is 11.5. The molecule has 18 heavy (non-hydrogen) atoms. The van der Waals surface area contributed by atoms with Crippen molar-refractivity contribution < 1.29 is 19.0 Å². The zero-order valence-electron chi connectivity index (χ0n) is 10.6. The molecule has 0 unspecified atom stereocenters. The number of benzene rings is 1. The smallest absolute Gasteiger partial charge is 0.340 e. The first-order chi connectivity index (χ1) is 8.67. The van der Waals surface area contributed by atoms with Gasteiger partial charge < -0.3 is 19.9 Å². The molecule has 1 aliphatic rings. The van der Waals surface area contributed by atoms with Gasteiger partial charge in [0.25, 0.3) is 0 Å². The Hall–Kier alpha value is -1.91. The van der Waals surface area contributed by atoms with Crippen molar-refractivity contribution in [3.63, 3.8) is 0 Å². The van der Waals surface area contributed by atoms with Crippen LogP contribution in [0.4, 0.5) is 5.69 Å². The van der Waals surface area contributed by atoms with Crippen LogP contribution in [0.25, 0.3) is 0 Å². The molecule has 1 fully saturated rings. The lowest BCUT2D eigenvalue weighted by molar-refractivity contribution is 0.0601. The van der Waals surface area contributed by atoms with Crippen LogP contribution in [0.3, 0.4) is 0 Å². The van der Waals surface area contributed by atoms with Gasteiger partial charge in [0.2, 0.25) is 0 Å². The molecule has 0 bridgehead atoms. The minimum atomic E-state index is -0.480. The van der Waals surface area contributed by atoms with Crippen molar-refractivity contribution in [3.05, 3.63) is 17.7 Å². The van der Waals surface area contributed by atoms with Gasteiger partial charge in [-0.3, -0.25) is 0 Å². The highest BCUT2D eigenvalue weighted by molar-refractivity contribution is 5.97. The number of esters is 1. The number of carbonyl (C=O) groups is 1. The zero-order chi connectivity index (χ0) is 13.1. The summed E-state index contributed by atoms with van der Waals surface area (Å²) in [5.74, 6) is 1.07. The van der Waals surface area contributed by atoms with Gasteiger partial charge in [-0.15, -0.1) is 0 Å². The van der Waals surface area contributed by atoms with Gasteiger partial charge in [0, 0.05) is 0 Å². The normalized spacial score (nSPS) is 14.1. The molecule has 0 saturated heterocycles. The Bertz CT molecular complexity index is 455. The molecule has 0 heterocycles. The standard InChI is InChI=1S/C13H17NO4/c1-16-10-6-5-9(13(15)17-2)11(14)12(10)18-7-8-3-4-8/h5-6,8H,3-4,7,14H2,1-2H3. The molecular formula is C13H17NO4. The third-order valence-corrected chi connectivity index (χ3v) is 2.95. The van der Waals surface area contributed by atoms with Crippen molar-refractivity contribution in [2.75, 3.05) is 26.6 Å². The summed E-state index contributed by atoms with van der Waals surface area (Å²) in [5, 5.41) is 0. The molecular weight excluding hydrogens is 234 g/mol. The summed E-state index contributed by atoms with van der Waals surface area (Å²) in [6.07, 6.45) is 2.36. The number of anilines is 1. The lowest BCUT2D eigenvalue weighted by Gasteiger charge is -2.14. The maximum Gasteiger partial charge on any atom is 0.340 e. The van der Waals surface area contributed by atoms with Gasteiger partial charge in [-0.1, -0.05) is 0 Å². The Morgan fingerprint density at radius 3 is 2.67 bits per heavy atom. The zero-order valence-corrected chi connectivity index (χ0v) is 10.6. The Balaban J connectivity index is 2.28. The van der Waals surface area contributed by atoms with Gasteiger partial charge in [-0.2, -0.15) is 0 Å². The van der Waals surface area contributed by atoms with Crippen LogP contribution < -0.4 is 15.2 Å². The van der Waals surface area contributed by atoms with Gasteiger partial charge in [-0.05, 0) is 30.9 Å². The number of nitrogens with two attached hydrogens (primary N) is 1. The molecule has 2 rings (SSSR count). The van der Waals surface area contributed by atoms with Gasteiger partial charge in [0.1, 0.15) is 0 Å². The highest BCUT2D eigenvalue weighted by atomic mass is 16.5. The molecule has 0 radical (unpaired) electrons. The quantitative estimate of drug-likeness (QED) is 0.638. The molecule has 98 valence electrons. The van der Waals surface area contributed by atoms with Crippen molar-refractivity contribution in [1.82, 2.24) is 0 Å². The number of carbonyl (C=O) groups excluding carboxylic acids is 1. The van der Waals surface area contributed by atoms with Crippen molar-refractivity contribution in [3.8, 4) is 11.5 Å². The number of nitrogen functional groups attached to an aromatic ring is 1. The first-order valence-electron chi connectivity index (χ1n) is 5.85. The van der Waals surface area contributed by atoms with E-state index in [-0.39, 0.29) is 5.69 Å². The molecule has 0 aromatic heterocycles.